The second-order valence-electron chi connectivity index (χ2n) is 7.87. The molecule has 0 bridgehead atoms. The summed E-state index contributed by atoms with van der Waals surface area (Å²) in [5, 5.41) is 4.34. The van der Waals surface area contributed by atoms with E-state index in [4.69, 9.17) is 4.52 Å². The van der Waals surface area contributed by atoms with Gasteiger partial charge in [0.2, 0.25) is 0 Å². The molecule has 5 nitrogen and oxygen atoms in total. The number of hydrogen-bond acceptors (Lipinski definition) is 4. The van der Waals surface area contributed by atoms with E-state index in [-0.39, 0.29) is 17.9 Å². The van der Waals surface area contributed by atoms with Gasteiger partial charge in [0.25, 0.3) is 5.91 Å². The van der Waals surface area contributed by atoms with Crippen LogP contribution in [0.3, 0.4) is 0 Å². The van der Waals surface area contributed by atoms with Crippen molar-refractivity contribution >= 4 is 23.2 Å². The average Bonchev–Trinajstić information content (AvgIpc) is 3.07. The molecule has 1 fully saturated rings. The van der Waals surface area contributed by atoms with Crippen LogP contribution in [-0.2, 0) is 7.05 Å². The number of fused-ring (bicyclic) bond motifs is 2. The Hall–Kier alpha value is -2.41. The van der Waals surface area contributed by atoms with Crippen molar-refractivity contribution in [1.29, 1.82) is 0 Å². The van der Waals surface area contributed by atoms with Crippen LogP contribution in [-0.4, -0.2) is 40.5 Å². The van der Waals surface area contributed by atoms with Gasteiger partial charge in [-0.25, -0.2) is 8.91 Å². The third-order valence-corrected chi connectivity index (χ3v) is 7.27. The Morgan fingerprint density at radius 2 is 2.17 bits per heavy atom. The highest BCUT2D eigenvalue weighted by atomic mass is 32.2. The van der Waals surface area contributed by atoms with Crippen molar-refractivity contribution < 1.29 is 18.3 Å². The van der Waals surface area contributed by atoms with Crippen molar-refractivity contribution in [3.05, 3.63) is 59.8 Å². The number of thioether (sulfide) groups is 1. The highest BCUT2D eigenvalue weighted by molar-refractivity contribution is 7.99. The number of halogens is 1. The Bertz CT molecular complexity index is 1020. The van der Waals surface area contributed by atoms with E-state index in [0.29, 0.717) is 18.9 Å². The zero-order valence-electron chi connectivity index (χ0n) is 16.3. The second-order valence-corrected chi connectivity index (χ2v) is 8.93. The summed E-state index contributed by atoms with van der Waals surface area (Å²) >= 11 is 1.77. The van der Waals surface area contributed by atoms with E-state index in [0.717, 1.165) is 40.5 Å². The molecule has 3 atom stereocenters. The van der Waals surface area contributed by atoms with Crippen LogP contribution in [0.2, 0.25) is 0 Å². The Kier molecular flexibility index (Phi) is 4.78. The van der Waals surface area contributed by atoms with Gasteiger partial charge in [0, 0.05) is 29.7 Å². The number of carbonyl (C=O) groups excluding carboxylic acids is 1. The molecular formula is C22H23FN3O2S+. The van der Waals surface area contributed by atoms with E-state index >= 15 is 0 Å². The summed E-state index contributed by atoms with van der Waals surface area (Å²) in [5.41, 5.74) is 1.65. The number of hydrogen-bond donors (Lipinski definition) is 0. The summed E-state index contributed by atoms with van der Waals surface area (Å²) < 4.78 is 21.0. The van der Waals surface area contributed by atoms with Gasteiger partial charge in [0.05, 0.1) is 24.1 Å². The van der Waals surface area contributed by atoms with Gasteiger partial charge in [-0.15, -0.1) is 11.8 Å². The van der Waals surface area contributed by atoms with E-state index in [1.807, 2.05) is 46.9 Å². The first-order valence-electron chi connectivity index (χ1n) is 10.0. The summed E-state index contributed by atoms with van der Waals surface area (Å²) in [6.45, 7) is 0.639. The first kappa shape index (κ1) is 18.6. The average molecular weight is 413 g/mol. The molecule has 1 aliphatic carbocycles. The Morgan fingerprint density at radius 3 is 3.00 bits per heavy atom. The molecule has 1 aromatic heterocycles. The minimum absolute atomic E-state index is 0.110. The van der Waals surface area contributed by atoms with Crippen LogP contribution in [0.4, 0.5) is 4.39 Å². The summed E-state index contributed by atoms with van der Waals surface area (Å²) in [5.74, 6) is 2.63. The lowest BCUT2D eigenvalue weighted by Gasteiger charge is -2.36. The van der Waals surface area contributed by atoms with Crippen LogP contribution >= 0.6 is 11.8 Å². The number of piperidine rings is 1. The van der Waals surface area contributed by atoms with E-state index in [2.05, 4.69) is 5.16 Å². The summed E-state index contributed by atoms with van der Waals surface area (Å²) in [4.78, 5) is 16.3. The number of allylic oxidation sites excluding steroid dienone is 4. The molecule has 0 saturated carbocycles. The van der Waals surface area contributed by atoms with Gasteiger partial charge in [-0.05, 0) is 37.1 Å². The number of amides is 1. The maximum absolute atomic E-state index is 13.4. The first-order valence-corrected chi connectivity index (χ1v) is 11.0. The number of aromatic nitrogens is 2. The SMILES string of the molecule is C[n+]1c(C2CCC3CSc4ccccc4C(=O)N3C2)noc1C1=CCC(F)C=C1. The Morgan fingerprint density at radius 1 is 1.31 bits per heavy atom. The predicted molar refractivity (Wildman–Crippen MR) is 108 cm³/mol. The van der Waals surface area contributed by atoms with Crippen molar-refractivity contribution in [2.24, 2.45) is 7.05 Å². The highest BCUT2D eigenvalue weighted by Crippen LogP contribution is 2.37. The fourth-order valence-electron chi connectivity index (χ4n) is 4.43. The lowest BCUT2D eigenvalue weighted by Crippen LogP contribution is -2.49. The standard InChI is InChI=1S/C22H23FN3O2S/c1-25-20(24-28-22(25)14-6-9-16(23)10-7-14)15-8-11-17-13-29-19-5-3-2-4-18(19)21(27)26(17)12-15/h2-7,9,15-17H,8,10-13H2,1H3/q+1. The summed E-state index contributed by atoms with van der Waals surface area (Å²) in [6, 6.07) is 8.12. The molecule has 150 valence electrons. The Labute approximate surface area is 173 Å². The predicted octanol–water partition coefficient (Wildman–Crippen LogP) is 3.67. The van der Waals surface area contributed by atoms with Crippen LogP contribution in [0.15, 0.2) is 51.9 Å². The van der Waals surface area contributed by atoms with Gasteiger partial charge in [-0.2, -0.15) is 4.57 Å². The number of nitrogens with zero attached hydrogens (tertiary/aromatic N) is 3. The normalized spacial score (nSPS) is 26.6. The van der Waals surface area contributed by atoms with Gasteiger partial charge in [0.15, 0.2) is 5.16 Å². The largest absolute Gasteiger partial charge is 0.353 e. The number of benzene rings is 1. The highest BCUT2D eigenvalue weighted by Gasteiger charge is 2.41. The molecule has 3 unspecified atom stereocenters. The summed E-state index contributed by atoms with van der Waals surface area (Å²) in [7, 11) is 1.93. The topological polar surface area (TPSA) is 50.2 Å². The van der Waals surface area contributed by atoms with Crippen LogP contribution in [0.1, 0.15) is 47.3 Å². The quantitative estimate of drug-likeness (QED) is 0.706. The van der Waals surface area contributed by atoms with Crippen molar-refractivity contribution in [2.45, 2.75) is 42.3 Å². The maximum atomic E-state index is 13.4. The third kappa shape index (κ3) is 3.31. The van der Waals surface area contributed by atoms with Gasteiger partial charge < -0.3 is 4.90 Å². The number of alkyl halides is 1. The van der Waals surface area contributed by atoms with Crippen molar-refractivity contribution in [3.8, 4) is 0 Å². The second kappa shape index (κ2) is 7.44. The van der Waals surface area contributed by atoms with Gasteiger partial charge >= 0.3 is 11.7 Å². The van der Waals surface area contributed by atoms with Gasteiger partial charge in [0.1, 0.15) is 6.17 Å². The smallest absolute Gasteiger partial charge is 0.334 e. The van der Waals surface area contributed by atoms with Crippen molar-refractivity contribution in [1.82, 2.24) is 10.1 Å². The van der Waals surface area contributed by atoms with Crippen LogP contribution in [0.25, 0.3) is 5.57 Å². The number of rotatable bonds is 2. The third-order valence-electron chi connectivity index (χ3n) is 6.05. The molecule has 1 aromatic carbocycles. The molecule has 1 amide bonds. The minimum atomic E-state index is -0.934. The molecule has 7 heteroatoms. The lowest BCUT2D eigenvalue weighted by atomic mass is 9.92. The van der Waals surface area contributed by atoms with E-state index in [1.165, 1.54) is 0 Å². The van der Waals surface area contributed by atoms with Gasteiger partial charge in [-0.1, -0.05) is 18.2 Å². The van der Waals surface area contributed by atoms with E-state index in [1.54, 1.807) is 23.9 Å². The van der Waals surface area contributed by atoms with E-state index < -0.39 is 6.17 Å². The van der Waals surface area contributed by atoms with Crippen molar-refractivity contribution in [2.75, 3.05) is 12.3 Å². The lowest BCUT2D eigenvalue weighted by molar-refractivity contribution is -0.686. The van der Waals surface area contributed by atoms with E-state index in [9.17, 15) is 9.18 Å². The fourth-order valence-corrected chi connectivity index (χ4v) is 5.64. The molecule has 2 aromatic rings. The monoisotopic (exact) mass is 412 g/mol. The molecule has 0 radical (unpaired) electrons. The van der Waals surface area contributed by atoms with Crippen LogP contribution in [0.5, 0.6) is 0 Å². The molecule has 29 heavy (non-hydrogen) atoms. The molecule has 3 aliphatic rings. The minimum Gasteiger partial charge on any atom is -0.334 e. The molecule has 0 spiro atoms. The number of carbonyl (C=O) groups is 1. The molecule has 3 heterocycles. The molecular weight excluding hydrogens is 389 g/mol. The molecule has 0 N–H and O–H groups in total. The van der Waals surface area contributed by atoms with Crippen LogP contribution in [0, 0.1) is 0 Å². The van der Waals surface area contributed by atoms with Crippen LogP contribution < -0.4 is 4.57 Å². The maximum Gasteiger partial charge on any atom is 0.353 e. The Balaban J connectivity index is 1.41. The molecule has 1 saturated heterocycles. The fraction of sp³-hybridized carbons (Fsp3) is 0.409. The van der Waals surface area contributed by atoms with Crippen molar-refractivity contribution in [3.63, 3.8) is 0 Å². The zero-order valence-corrected chi connectivity index (χ0v) is 17.1. The molecule has 5 rings (SSSR count). The molecule has 2 aliphatic heterocycles. The zero-order chi connectivity index (χ0) is 20.0. The van der Waals surface area contributed by atoms with Gasteiger partial charge in [-0.3, -0.25) is 4.79 Å². The summed E-state index contributed by atoms with van der Waals surface area (Å²) in [6.07, 6.45) is 6.48. The first-order chi connectivity index (χ1) is 14.1.